The monoisotopic (exact) mass is 439 g/mol. The number of hydrogen-bond acceptors (Lipinski definition) is 5. The highest BCUT2D eigenvalue weighted by Crippen LogP contribution is 2.40. The Hall–Kier alpha value is -3.35. The summed E-state index contributed by atoms with van der Waals surface area (Å²) in [6.07, 6.45) is 6.55. The first-order chi connectivity index (χ1) is 15.2. The molecule has 1 aromatic carbocycles. The molecule has 1 saturated carbocycles. The fourth-order valence-electron chi connectivity index (χ4n) is 4.50. The number of aliphatic carboxylic acids is 2. The van der Waals surface area contributed by atoms with Gasteiger partial charge in [-0.2, -0.15) is 0 Å². The zero-order valence-corrected chi connectivity index (χ0v) is 18.6. The van der Waals surface area contributed by atoms with E-state index in [1.54, 1.807) is 51.1 Å². The molecule has 1 heterocycles. The lowest BCUT2D eigenvalue weighted by Crippen LogP contribution is -2.31. The van der Waals surface area contributed by atoms with E-state index < -0.39 is 23.8 Å². The van der Waals surface area contributed by atoms with Gasteiger partial charge in [-0.05, 0) is 63.7 Å². The molecule has 1 fully saturated rings. The summed E-state index contributed by atoms with van der Waals surface area (Å²) >= 11 is 0. The molecule has 0 spiro atoms. The Morgan fingerprint density at radius 1 is 0.969 bits per heavy atom. The Kier molecular flexibility index (Phi) is 7.18. The predicted octanol–water partition coefficient (Wildman–Crippen LogP) is 4.37. The van der Waals surface area contributed by atoms with Crippen LogP contribution >= 0.6 is 0 Å². The molecule has 1 aromatic rings. The topological polar surface area (TPSA) is 113 Å². The molecule has 32 heavy (non-hydrogen) atoms. The van der Waals surface area contributed by atoms with Crippen LogP contribution in [0, 0.1) is 0 Å². The first-order valence-electron chi connectivity index (χ1n) is 10.8. The average molecular weight is 440 g/mol. The Morgan fingerprint density at radius 2 is 1.53 bits per heavy atom. The summed E-state index contributed by atoms with van der Waals surface area (Å²) < 4.78 is 5.64. The molecule has 3 N–H and O–H groups in total. The average Bonchev–Trinajstić information content (AvgIpc) is 2.73. The Balaban J connectivity index is 2.02. The summed E-state index contributed by atoms with van der Waals surface area (Å²) in [6, 6.07) is 6.95. The number of esters is 1. The lowest BCUT2D eigenvalue weighted by molar-refractivity contribution is -0.145. The van der Waals surface area contributed by atoms with Gasteiger partial charge in [-0.3, -0.25) is 0 Å². The third-order valence-corrected chi connectivity index (χ3v) is 6.05. The van der Waals surface area contributed by atoms with E-state index in [9.17, 15) is 24.6 Å². The van der Waals surface area contributed by atoms with Gasteiger partial charge in [-0.15, -0.1) is 0 Å². The highest BCUT2D eigenvalue weighted by atomic mass is 16.5. The van der Waals surface area contributed by atoms with Crippen LogP contribution in [0.3, 0.4) is 0 Å². The van der Waals surface area contributed by atoms with E-state index in [-0.39, 0.29) is 17.3 Å². The summed E-state index contributed by atoms with van der Waals surface area (Å²) in [5, 5.41) is 22.6. The smallest absolute Gasteiger partial charge is 0.334 e. The van der Waals surface area contributed by atoms with E-state index >= 15 is 0 Å². The number of ether oxygens (including phenoxy) is 1. The normalized spacial score (nSPS) is 18.4. The number of hydrogen-bond donors (Lipinski definition) is 3. The molecule has 2 aliphatic rings. The van der Waals surface area contributed by atoms with E-state index in [4.69, 9.17) is 4.74 Å². The van der Waals surface area contributed by atoms with Gasteiger partial charge in [-0.1, -0.05) is 30.7 Å². The molecule has 0 atom stereocenters. The Bertz CT molecular complexity index is 991. The number of carboxylic acids is 2. The third kappa shape index (κ3) is 4.93. The molecular formula is C25H29NO6. The Morgan fingerprint density at radius 3 is 2.09 bits per heavy atom. The molecule has 0 unspecified atom stereocenters. The fourth-order valence-corrected chi connectivity index (χ4v) is 4.50. The van der Waals surface area contributed by atoms with Crippen molar-refractivity contribution < 1.29 is 29.3 Å². The molecule has 0 saturated heterocycles. The van der Waals surface area contributed by atoms with Crippen LogP contribution in [0.2, 0.25) is 0 Å². The van der Waals surface area contributed by atoms with Crippen molar-refractivity contribution in [3.8, 4) is 0 Å². The highest BCUT2D eigenvalue weighted by Gasteiger charge is 2.37. The summed E-state index contributed by atoms with van der Waals surface area (Å²) in [6.45, 7) is 4.89. The number of carbonyl (C=O) groups is 3. The van der Waals surface area contributed by atoms with Crippen LogP contribution in [0.4, 0.5) is 0 Å². The number of carbonyl (C=O) groups excluding carboxylic acids is 1. The third-order valence-electron chi connectivity index (χ3n) is 6.05. The van der Waals surface area contributed by atoms with Crippen LogP contribution in [0.1, 0.15) is 69.9 Å². The molecule has 0 amide bonds. The van der Waals surface area contributed by atoms with Crippen LogP contribution in [0.25, 0.3) is 6.08 Å². The maximum atomic E-state index is 12.6. The first kappa shape index (κ1) is 23.3. The van der Waals surface area contributed by atoms with Gasteiger partial charge in [0.05, 0.1) is 17.1 Å². The van der Waals surface area contributed by atoms with Gasteiger partial charge >= 0.3 is 17.9 Å². The zero-order chi connectivity index (χ0) is 23.4. The number of carboxylic acid groups (broad SMARTS) is 2. The second-order valence-electron chi connectivity index (χ2n) is 8.37. The molecule has 7 heteroatoms. The van der Waals surface area contributed by atoms with Crippen molar-refractivity contribution in [2.45, 2.75) is 64.9 Å². The minimum atomic E-state index is -1.20. The maximum absolute atomic E-state index is 12.6. The second-order valence-corrected chi connectivity index (χ2v) is 8.37. The molecule has 170 valence electrons. The summed E-state index contributed by atoms with van der Waals surface area (Å²) in [5.41, 5.74) is 2.18. The van der Waals surface area contributed by atoms with Gasteiger partial charge in [0.15, 0.2) is 0 Å². The molecule has 1 aliphatic carbocycles. The summed E-state index contributed by atoms with van der Waals surface area (Å²) in [5.74, 6) is -3.79. The molecule has 3 rings (SSSR count). The quantitative estimate of drug-likeness (QED) is 0.446. The fraction of sp³-hybridized carbons (Fsp3) is 0.400. The minimum absolute atomic E-state index is 0.0312. The Labute approximate surface area is 187 Å². The van der Waals surface area contributed by atoms with E-state index in [1.807, 2.05) is 0 Å². The maximum Gasteiger partial charge on any atom is 0.334 e. The number of benzene rings is 1. The number of dihydropyridines is 1. The van der Waals surface area contributed by atoms with Crippen molar-refractivity contribution >= 4 is 24.0 Å². The summed E-state index contributed by atoms with van der Waals surface area (Å²) in [7, 11) is 0. The highest BCUT2D eigenvalue weighted by molar-refractivity contribution is 5.99. The van der Waals surface area contributed by atoms with E-state index in [0.29, 0.717) is 28.1 Å². The van der Waals surface area contributed by atoms with Crippen LogP contribution < -0.4 is 5.32 Å². The molecular weight excluding hydrogens is 410 g/mol. The van der Waals surface area contributed by atoms with Crippen LogP contribution in [0.5, 0.6) is 0 Å². The summed E-state index contributed by atoms with van der Waals surface area (Å²) in [4.78, 5) is 36.8. The second kappa shape index (κ2) is 9.85. The van der Waals surface area contributed by atoms with Crippen molar-refractivity contribution in [1.29, 1.82) is 0 Å². The number of nitrogens with one attached hydrogen (secondary N) is 1. The van der Waals surface area contributed by atoms with Crippen molar-refractivity contribution in [3.05, 3.63) is 63.5 Å². The zero-order valence-electron chi connectivity index (χ0n) is 18.6. The van der Waals surface area contributed by atoms with Crippen molar-refractivity contribution in [3.63, 3.8) is 0 Å². The molecule has 0 aromatic heterocycles. The van der Waals surface area contributed by atoms with E-state index in [1.165, 1.54) is 0 Å². The van der Waals surface area contributed by atoms with E-state index in [2.05, 4.69) is 5.32 Å². The van der Waals surface area contributed by atoms with Crippen LogP contribution in [-0.2, 0) is 19.1 Å². The van der Waals surface area contributed by atoms with Gasteiger partial charge in [0.2, 0.25) is 0 Å². The van der Waals surface area contributed by atoms with Crippen molar-refractivity contribution in [2.75, 3.05) is 0 Å². The lowest BCUT2D eigenvalue weighted by Gasteiger charge is -2.29. The first-order valence-corrected chi connectivity index (χ1v) is 10.8. The van der Waals surface area contributed by atoms with Crippen LogP contribution in [-0.4, -0.2) is 34.2 Å². The SMILES string of the molecule is CC(=Cc1ccccc1C1C(C(=O)O)=C(C)NC(C)=C1C(=O)O)C(=O)OC1CCCCC1. The lowest BCUT2D eigenvalue weighted by atomic mass is 9.78. The molecule has 0 bridgehead atoms. The van der Waals surface area contributed by atoms with Crippen molar-refractivity contribution in [1.82, 2.24) is 5.32 Å². The number of rotatable bonds is 6. The van der Waals surface area contributed by atoms with Gasteiger partial charge < -0.3 is 20.3 Å². The minimum Gasteiger partial charge on any atom is -0.478 e. The van der Waals surface area contributed by atoms with Gasteiger partial charge in [0.1, 0.15) is 6.10 Å². The van der Waals surface area contributed by atoms with Gasteiger partial charge in [0.25, 0.3) is 0 Å². The predicted molar refractivity (Wildman–Crippen MR) is 120 cm³/mol. The largest absolute Gasteiger partial charge is 0.478 e. The van der Waals surface area contributed by atoms with Crippen LogP contribution in [0.15, 0.2) is 52.4 Å². The van der Waals surface area contributed by atoms with Gasteiger partial charge in [0, 0.05) is 17.0 Å². The molecule has 7 nitrogen and oxygen atoms in total. The molecule has 0 radical (unpaired) electrons. The van der Waals surface area contributed by atoms with Crippen molar-refractivity contribution in [2.24, 2.45) is 0 Å². The van der Waals surface area contributed by atoms with Gasteiger partial charge in [-0.25, -0.2) is 14.4 Å². The number of allylic oxidation sites excluding steroid dienone is 2. The van der Waals surface area contributed by atoms with E-state index in [0.717, 1.165) is 32.1 Å². The standard InChI is InChI=1S/C25H29NO6/c1-14(25(31)32-18-10-5-4-6-11-18)13-17-9-7-8-12-19(17)22-20(23(27)28)15(2)26-16(3)21(22)24(29)30/h7-9,12-13,18,22,26H,4-6,10-11H2,1-3H3,(H,27,28)(H,29,30). The molecule has 1 aliphatic heterocycles.